The molecule has 2 saturated heterocycles. The van der Waals surface area contributed by atoms with Gasteiger partial charge in [-0.2, -0.15) is 0 Å². The summed E-state index contributed by atoms with van der Waals surface area (Å²) < 4.78 is 5.56. The SMILES string of the molecule is O=C(CN1C(=O)S/C(=C/c2cc(Cl)cc(Br)c2O)C1=O)N1CCOCC1. The number of nitrogens with zero attached hydrogens (tertiary/aromatic N) is 2. The molecule has 0 bridgehead atoms. The van der Waals surface area contributed by atoms with E-state index in [1.807, 2.05) is 0 Å². The predicted octanol–water partition coefficient (Wildman–Crippen LogP) is 2.70. The van der Waals surface area contributed by atoms with Gasteiger partial charge in [0.15, 0.2) is 0 Å². The molecular formula is C16H14BrClN2O5S. The van der Waals surface area contributed by atoms with E-state index in [0.717, 1.165) is 16.7 Å². The molecule has 1 N–H and O–H groups in total. The largest absolute Gasteiger partial charge is 0.506 e. The van der Waals surface area contributed by atoms with E-state index in [1.54, 1.807) is 4.90 Å². The van der Waals surface area contributed by atoms with Crippen LogP contribution in [0, 0.1) is 0 Å². The highest BCUT2D eigenvalue weighted by atomic mass is 79.9. The van der Waals surface area contributed by atoms with Gasteiger partial charge in [-0.05, 0) is 45.9 Å². The zero-order chi connectivity index (χ0) is 18.8. The van der Waals surface area contributed by atoms with Gasteiger partial charge in [-0.1, -0.05) is 11.6 Å². The van der Waals surface area contributed by atoms with Gasteiger partial charge in [-0.15, -0.1) is 0 Å². The first kappa shape index (κ1) is 19.2. The van der Waals surface area contributed by atoms with Gasteiger partial charge in [0.25, 0.3) is 11.1 Å². The monoisotopic (exact) mass is 460 g/mol. The average molecular weight is 462 g/mol. The fraction of sp³-hybridized carbons (Fsp3) is 0.312. The van der Waals surface area contributed by atoms with Gasteiger partial charge in [0.2, 0.25) is 5.91 Å². The summed E-state index contributed by atoms with van der Waals surface area (Å²) in [6.45, 7) is 1.45. The minimum atomic E-state index is -0.572. The highest BCUT2D eigenvalue weighted by molar-refractivity contribution is 9.10. The van der Waals surface area contributed by atoms with Crippen molar-refractivity contribution in [3.8, 4) is 5.75 Å². The highest BCUT2D eigenvalue weighted by Crippen LogP contribution is 2.37. The van der Waals surface area contributed by atoms with Crippen molar-refractivity contribution >= 4 is 62.4 Å². The molecule has 3 amide bonds. The van der Waals surface area contributed by atoms with Crippen molar-refractivity contribution in [1.29, 1.82) is 0 Å². The number of hydrogen-bond donors (Lipinski definition) is 1. The van der Waals surface area contributed by atoms with Crippen LogP contribution in [-0.4, -0.2) is 64.8 Å². The van der Waals surface area contributed by atoms with Crippen LogP contribution < -0.4 is 0 Å². The predicted molar refractivity (Wildman–Crippen MR) is 101 cm³/mol. The summed E-state index contributed by atoms with van der Waals surface area (Å²) >= 11 is 9.84. The molecule has 2 fully saturated rings. The second-order valence-corrected chi connectivity index (χ2v) is 7.87. The fourth-order valence-corrected chi connectivity index (χ4v) is 4.18. The topological polar surface area (TPSA) is 87.2 Å². The molecule has 0 aliphatic carbocycles. The van der Waals surface area contributed by atoms with E-state index in [9.17, 15) is 19.5 Å². The number of benzene rings is 1. The third kappa shape index (κ3) is 4.06. The summed E-state index contributed by atoms with van der Waals surface area (Å²) in [5, 5.41) is 9.91. The number of morpholine rings is 1. The summed E-state index contributed by atoms with van der Waals surface area (Å²) in [6.07, 6.45) is 1.39. The molecular weight excluding hydrogens is 448 g/mol. The smallest absolute Gasteiger partial charge is 0.294 e. The van der Waals surface area contributed by atoms with E-state index in [0.29, 0.717) is 41.4 Å². The second-order valence-electron chi connectivity index (χ2n) is 5.59. The van der Waals surface area contributed by atoms with E-state index in [4.69, 9.17) is 16.3 Å². The second kappa shape index (κ2) is 7.99. The Labute approximate surface area is 167 Å². The molecule has 2 heterocycles. The summed E-state index contributed by atoms with van der Waals surface area (Å²) in [6, 6.07) is 3.00. The van der Waals surface area contributed by atoms with Gasteiger partial charge in [0, 0.05) is 23.7 Å². The van der Waals surface area contributed by atoms with Crippen LogP contribution in [0.2, 0.25) is 5.02 Å². The van der Waals surface area contributed by atoms with Crippen LogP contribution in [0.1, 0.15) is 5.56 Å². The van der Waals surface area contributed by atoms with E-state index in [2.05, 4.69) is 15.9 Å². The van der Waals surface area contributed by atoms with Crippen molar-refractivity contribution in [1.82, 2.24) is 9.80 Å². The molecule has 7 nitrogen and oxygen atoms in total. The van der Waals surface area contributed by atoms with E-state index >= 15 is 0 Å². The molecule has 138 valence electrons. The van der Waals surface area contributed by atoms with Crippen molar-refractivity contribution in [2.24, 2.45) is 0 Å². The quantitative estimate of drug-likeness (QED) is 0.697. The number of halogens is 2. The van der Waals surface area contributed by atoms with Crippen LogP contribution in [0.3, 0.4) is 0 Å². The standard InChI is InChI=1S/C16H14BrClN2O5S/c17-11-7-10(18)5-9(14(11)22)6-12-15(23)20(16(24)26-12)8-13(21)19-1-3-25-4-2-19/h5-7,22H,1-4,8H2/b12-6+. The number of thioether (sulfide) groups is 1. The zero-order valence-corrected chi connectivity index (χ0v) is 16.6. The number of carbonyl (C=O) groups excluding carboxylic acids is 3. The molecule has 0 radical (unpaired) electrons. The molecule has 3 rings (SSSR count). The first-order chi connectivity index (χ1) is 12.4. The lowest BCUT2D eigenvalue weighted by Gasteiger charge is -2.28. The molecule has 10 heteroatoms. The van der Waals surface area contributed by atoms with Gasteiger partial charge < -0.3 is 14.7 Å². The number of aromatic hydroxyl groups is 1. The zero-order valence-electron chi connectivity index (χ0n) is 13.4. The minimum absolute atomic E-state index is 0.0920. The van der Waals surface area contributed by atoms with E-state index in [-0.39, 0.29) is 23.1 Å². The molecule has 2 aliphatic rings. The lowest BCUT2D eigenvalue weighted by atomic mass is 10.2. The Hall–Kier alpha value is -1.55. The van der Waals surface area contributed by atoms with Crippen LogP contribution in [0.25, 0.3) is 6.08 Å². The van der Waals surface area contributed by atoms with Gasteiger partial charge in [0.1, 0.15) is 12.3 Å². The van der Waals surface area contributed by atoms with Crippen molar-refractivity contribution in [2.45, 2.75) is 0 Å². The highest BCUT2D eigenvalue weighted by Gasteiger charge is 2.37. The van der Waals surface area contributed by atoms with Gasteiger partial charge in [0.05, 0.1) is 22.6 Å². The number of imide groups is 1. The number of phenolic OH excluding ortho intramolecular Hbond substituents is 1. The van der Waals surface area contributed by atoms with Crippen LogP contribution in [0.4, 0.5) is 4.79 Å². The lowest BCUT2D eigenvalue weighted by Crippen LogP contribution is -2.46. The first-order valence-electron chi connectivity index (χ1n) is 7.65. The molecule has 0 unspecified atom stereocenters. The number of ether oxygens (including phenoxy) is 1. The molecule has 0 saturated carbocycles. The normalized spacial score (nSPS) is 19.5. The molecule has 2 aliphatic heterocycles. The Morgan fingerprint density at radius 3 is 2.73 bits per heavy atom. The number of phenols is 1. The maximum atomic E-state index is 12.5. The molecule has 26 heavy (non-hydrogen) atoms. The van der Waals surface area contributed by atoms with Crippen molar-refractivity contribution < 1.29 is 24.2 Å². The van der Waals surface area contributed by atoms with Gasteiger partial charge in [-0.3, -0.25) is 19.3 Å². The Bertz CT molecular complexity index is 810. The Morgan fingerprint density at radius 1 is 1.35 bits per heavy atom. The van der Waals surface area contributed by atoms with Crippen LogP contribution >= 0.6 is 39.3 Å². The van der Waals surface area contributed by atoms with Crippen LogP contribution in [0.5, 0.6) is 5.75 Å². The first-order valence-corrected chi connectivity index (χ1v) is 9.64. The maximum Gasteiger partial charge on any atom is 0.294 e. The van der Waals surface area contributed by atoms with E-state index in [1.165, 1.54) is 18.2 Å². The molecule has 0 aromatic heterocycles. The summed E-state index contributed by atoms with van der Waals surface area (Å²) in [7, 11) is 0. The van der Waals surface area contributed by atoms with Gasteiger partial charge >= 0.3 is 0 Å². The molecule has 0 spiro atoms. The van der Waals surface area contributed by atoms with Crippen LogP contribution in [-0.2, 0) is 14.3 Å². The summed E-state index contributed by atoms with van der Waals surface area (Å²) in [5.74, 6) is -0.965. The van der Waals surface area contributed by atoms with Crippen molar-refractivity contribution in [3.05, 3.63) is 32.1 Å². The summed E-state index contributed by atoms with van der Waals surface area (Å²) in [5.41, 5.74) is 0.300. The Kier molecular flexibility index (Phi) is 5.91. The molecule has 1 aromatic carbocycles. The van der Waals surface area contributed by atoms with Gasteiger partial charge in [-0.25, -0.2) is 0 Å². The third-order valence-electron chi connectivity index (χ3n) is 3.88. The van der Waals surface area contributed by atoms with Crippen LogP contribution in [0.15, 0.2) is 21.5 Å². The number of hydrogen-bond acceptors (Lipinski definition) is 6. The fourth-order valence-electron chi connectivity index (χ4n) is 2.52. The van der Waals surface area contributed by atoms with Crippen molar-refractivity contribution in [3.63, 3.8) is 0 Å². The average Bonchev–Trinajstić information content (AvgIpc) is 2.87. The van der Waals surface area contributed by atoms with E-state index < -0.39 is 11.1 Å². The lowest BCUT2D eigenvalue weighted by molar-refractivity contribution is -0.139. The molecule has 1 aromatic rings. The maximum absolute atomic E-state index is 12.5. The number of carbonyl (C=O) groups is 3. The molecule has 0 atom stereocenters. The summed E-state index contributed by atoms with van der Waals surface area (Å²) in [4.78, 5) is 39.5. The van der Waals surface area contributed by atoms with Crippen molar-refractivity contribution in [2.75, 3.05) is 32.8 Å². The number of rotatable bonds is 3. The minimum Gasteiger partial charge on any atom is -0.506 e. The Balaban J connectivity index is 1.77. The number of amides is 3. The Morgan fingerprint density at radius 2 is 2.04 bits per heavy atom. The third-order valence-corrected chi connectivity index (χ3v) is 5.61.